The number of halogens is 1. The maximum Gasteiger partial charge on any atom is 0.227 e. The lowest BCUT2D eigenvalue weighted by atomic mass is 10.0. The molecule has 3 aliphatic rings. The van der Waals surface area contributed by atoms with Gasteiger partial charge in [-0.25, -0.2) is 4.39 Å². The van der Waals surface area contributed by atoms with Crippen LogP contribution in [0.25, 0.3) is 0 Å². The quantitative estimate of drug-likeness (QED) is 0.827. The first-order chi connectivity index (χ1) is 12.0. The Kier molecular flexibility index (Phi) is 3.91. The Morgan fingerprint density at radius 1 is 1.44 bits per heavy atom. The number of likely N-dealkylation sites (tertiary alicyclic amines) is 1. The van der Waals surface area contributed by atoms with E-state index >= 15 is 0 Å². The van der Waals surface area contributed by atoms with E-state index in [4.69, 9.17) is 9.47 Å². The highest BCUT2D eigenvalue weighted by Gasteiger charge is 2.61. The monoisotopic (exact) mass is 348 g/mol. The summed E-state index contributed by atoms with van der Waals surface area (Å²) < 4.78 is 24.7. The second-order valence-corrected chi connectivity index (χ2v) is 6.79. The summed E-state index contributed by atoms with van der Waals surface area (Å²) in [4.78, 5) is 28.6. The van der Waals surface area contributed by atoms with Crippen molar-refractivity contribution in [3.8, 4) is 5.75 Å². The van der Waals surface area contributed by atoms with Crippen LogP contribution in [-0.4, -0.2) is 60.2 Å². The number of carbonyl (C=O) groups is 2. The van der Waals surface area contributed by atoms with E-state index in [0.717, 1.165) is 6.42 Å². The molecule has 1 aromatic carbocycles. The lowest BCUT2D eigenvalue weighted by Crippen LogP contribution is -2.56. The number of carbonyl (C=O) groups excluding carboxylic acids is 2. The molecule has 0 radical (unpaired) electrons. The number of nitrogens with zero attached hydrogens (tertiary/aromatic N) is 2. The fourth-order valence-corrected chi connectivity index (χ4v) is 4.34. The molecule has 1 spiro atoms. The number of ether oxygens (including phenoxy) is 2. The van der Waals surface area contributed by atoms with Gasteiger partial charge >= 0.3 is 0 Å². The second kappa shape index (κ2) is 5.98. The maximum absolute atomic E-state index is 13.8. The van der Waals surface area contributed by atoms with Crippen LogP contribution in [0.4, 0.5) is 4.39 Å². The molecule has 1 aromatic rings. The van der Waals surface area contributed by atoms with Crippen molar-refractivity contribution in [3.05, 3.63) is 29.6 Å². The van der Waals surface area contributed by atoms with Crippen LogP contribution in [0.15, 0.2) is 18.2 Å². The third-order valence-corrected chi connectivity index (χ3v) is 5.50. The maximum atomic E-state index is 13.8. The topological polar surface area (TPSA) is 59.1 Å². The first kappa shape index (κ1) is 16.3. The van der Waals surface area contributed by atoms with E-state index in [1.54, 1.807) is 11.0 Å². The lowest BCUT2D eigenvalue weighted by molar-refractivity contribution is -0.181. The highest BCUT2D eigenvalue weighted by Crippen LogP contribution is 2.45. The van der Waals surface area contributed by atoms with Gasteiger partial charge in [-0.3, -0.25) is 9.59 Å². The van der Waals surface area contributed by atoms with Crippen LogP contribution in [0, 0.1) is 5.82 Å². The predicted octanol–water partition coefficient (Wildman–Crippen LogP) is 1.33. The van der Waals surface area contributed by atoms with Gasteiger partial charge in [0.2, 0.25) is 11.8 Å². The third kappa shape index (κ3) is 2.49. The summed E-state index contributed by atoms with van der Waals surface area (Å²) in [7, 11) is 1.40. The summed E-state index contributed by atoms with van der Waals surface area (Å²) in [6.45, 7) is 1.87. The lowest BCUT2D eigenvalue weighted by Gasteiger charge is -2.42. The molecule has 3 saturated heterocycles. The molecule has 0 saturated carbocycles. The zero-order valence-corrected chi connectivity index (χ0v) is 14.2. The summed E-state index contributed by atoms with van der Waals surface area (Å²) in [5, 5.41) is 0. The molecule has 3 aliphatic heterocycles. The fourth-order valence-electron chi connectivity index (χ4n) is 4.34. The Morgan fingerprint density at radius 3 is 3.04 bits per heavy atom. The van der Waals surface area contributed by atoms with Gasteiger partial charge in [0.15, 0.2) is 17.3 Å². The Morgan fingerprint density at radius 2 is 2.28 bits per heavy atom. The van der Waals surface area contributed by atoms with E-state index in [2.05, 4.69) is 0 Å². The summed E-state index contributed by atoms with van der Waals surface area (Å²) >= 11 is 0. The molecule has 25 heavy (non-hydrogen) atoms. The van der Waals surface area contributed by atoms with E-state index in [0.29, 0.717) is 38.1 Å². The van der Waals surface area contributed by atoms with Crippen LogP contribution in [-0.2, 0) is 20.7 Å². The van der Waals surface area contributed by atoms with Gasteiger partial charge in [-0.15, -0.1) is 0 Å². The molecule has 0 aliphatic carbocycles. The van der Waals surface area contributed by atoms with Gasteiger partial charge in [0, 0.05) is 19.5 Å². The highest BCUT2D eigenvalue weighted by molar-refractivity contribution is 5.85. The highest BCUT2D eigenvalue weighted by atomic mass is 19.1. The minimum Gasteiger partial charge on any atom is -0.494 e. The van der Waals surface area contributed by atoms with Crippen molar-refractivity contribution in [1.82, 2.24) is 9.80 Å². The predicted molar refractivity (Wildman–Crippen MR) is 86.4 cm³/mol. The van der Waals surface area contributed by atoms with Gasteiger partial charge in [0.1, 0.15) is 0 Å². The van der Waals surface area contributed by atoms with Gasteiger partial charge < -0.3 is 19.3 Å². The fraction of sp³-hybridized carbons (Fsp3) is 0.556. The molecule has 0 unspecified atom stereocenters. The van der Waals surface area contributed by atoms with Crippen molar-refractivity contribution >= 4 is 11.8 Å². The van der Waals surface area contributed by atoms with E-state index in [1.165, 1.54) is 19.2 Å². The zero-order chi connectivity index (χ0) is 17.6. The van der Waals surface area contributed by atoms with Gasteiger partial charge in [0.25, 0.3) is 0 Å². The van der Waals surface area contributed by atoms with Crippen LogP contribution >= 0.6 is 0 Å². The molecule has 2 atom stereocenters. The van der Waals surface area contributed by atoms with Crippen LogP contribution in [0.1, 0.15) is 24.8 Å². The number of methoxy groups -OCH3 is 1. The summed E-state index contributed by atoms with van der Waals surface area (Å²) in [6.07, 6.45) is 1.88. The smallest absolute Gasteiger partial charge is 0.227 e. The molecule has 3 fully saturated rings. The van der Waals surface area contributed by atoms with Crippen LogP contribution in [0.3, 0.4) is 0 Å². The van der Waals surface area contributed by atoms with E-state index < -0.39 is 11.5 Å². The molecule has 0 bridgehead atoms. The summed E-state index contributed by atoms with van der Waals surface area (Å²) in [5.41, 5.74) is -0.0501. The standard InChI is InChI=1S/C18H21FN2O4/c1-24-14-4-3-12(9-13(14)19)10-16(22)20-7-5-18-15(20)11-17(23)21(18)6-2-8-25-18/h3-4,9,15H,2,5-8,10-11H2,1H3/t15-,18+/m1/s1. The Bertz CT molecular complexity index is 725. The molecule has 3 heterocycles. The minimum atomic E-state index is -0.643. The largest absolute Gasteiger partial charge is 0.494 e. The van der Waals surface area contributed by atoms with Crippen molar-refractivity contribution in [1.29, 1.82) is 0 Å². The van der Waals surface area contributed by atoms with Gasteiger partial charge in [-0.05, 0) is 24.1 Å². The number of hydrogen-bond acceptors (Lipinski definition) is 4. The normalized spacial score (nSPS) is 28.1. The van der Waals surface area contributed by atoms with Crippen molar-refractivity contribution in [2.24, 2.45) is 0 Å². The molecule has 7 heteroatoms. The number of amides is 2. The van der Waals surface area contributed by atoms with Crippen molar-refractivity contribution in [3.63, 3.8) is 0 Å². The molecule has 4 rings (SSSR count). The zero-order valence-electron chi connectivity index (χ0n) is 14.2. The summed E-state index contributed by atoms with van der Waals surface area (Å²) in [6, 6.07) is 4.30. The van der Waals surface area contributed by atoms with Gasteiger partial charge in [-0.2, -0.15) is 0 Å². The third-order valence-electron chi connectivity index (χ3n) is 5.50. The number of rotatable bonds is 3. The van der Waals surface area contributed by atoms with Crippen LogP contribution in [0.5, 0.6) is 5.75 Å². The van der Waals surface area contributed by atoms with E-state index in [-0.39, 0.29) is 30.0 Å². The first-order valence-corrected chi connectivity index (χ1v) is 8.61. The van der Waals surface area contributed by atoms with Gasteiger partial charge in [-0.1, -0.05) is 6.07 Å². The van der Waals surface area contributed by atoms with Crippen LogP contribution < -0.4 is 4.74 Å². The molecule has 6 nitrogen and oxygen atoms in total. The minimum absolute atomic E-state index is 0.0534. The molecule has 134 valence electrons. The second-order valence-electron chi connectivity index (χ2n) is 6.79. The van der Waals surface area contributed by atoms with Gasteiger partial charge in [0.05, 0.1) is 32.6 Å². The number of benzene rings is 1. The van der Waals surface area contributed by atoms with E-state index in [9.17, 15) is 14.0 Å². The Balaban J connectivity index is 1.52. The number of hydrogen-bond donors (Lipinski definition) is 0. The molecular formula is C18H21FN2O4. The van der Waals surface area contributed by atoms with Crippen molar-refractivity contribution in [2.45, 2.75) is 37.5 Å². The molecular weight excluding hydrogens is 327 g/mol. The molecule has 0 aromatic heterocycles. The molecule has 2 amide bonds. The average Bonchev–Trinajstić information content (AvgIpc) is 3.07. The molecule has 0 N–H and O–H groups in total. The van der Waals surface area contributed by atoms with Crippen molar-refractivity contribution in [2.75, 3.05) is 26.8 Å². The SMILES string of the molecule is COc1ccc(CC(=O)N2CC[C@@]34OCCCN3C(=O)C[C@@H]24)cc1F. The van der Waals surface area contributed by atoms with Crippen molar-refractivity contribution < 1.29 is 23.5 Å². The first-order valence-electron chi connectivity index (χ1n) is 8.61. The Hall–Kier alpha value is -2.15. The summed E-state index contributed by atoms with van der Waals surface area (Å²) in [5.74, 6) is -0.375. The van der Waals surface area contributed by atoms with E-state index in [1.807, 2.05) is 4.90 Å². The Labute approximate surface area is 145 Å². The average molecular weight is 348 g/mol. The van der Waals surface area contributed by atoms with Crippen LogP contribution in [0.2, 0.25) is 0 Å².